The predicted octanol–water partition coefficient (Wildman–Crippen LogP) is 6.45. The van der Waals surface area contributed by atoms with Crippen LogP contribution in [0.1, 0.15) is 50.3 Å². The number of phenols is 1. The Hall–Kier alpha value is -2.34. The summed E-state index contributed by atoms with van der Waals surface area (Å²) in [5, 5.41) is 32.0. The molecule has 2 aromatic rings. The average Bonchev–Trinajstić information content (AvgIpc) is 2.77. The maximum absolute atomic E-state index is 11.5. The van der Waals surface area contributed by atoms with Crippen molar-refractivity contribution in [3.05, 3.63) is 94.0 Å². The molecule has 3 N–H and O–H groups in total. The Morgan fingerprint density at radius 3 is 2.41 bits per heavy atom. The summed E-state index contributed by atoms with van der Waals surface area (Å²) in [6, 6.07) is 12.8. The summed E-state index contributed by atoms with van der Waals surface area (Å²) in [6.07, 6.45) is 9.32. The Bertz CT molecular complexity index is 931. The first-order valence-electron chi connectivity index (χ1n) is 10.9. The smallest absolute Gasteiger partial charge is 0.125 e. The summed E-state index contributed by atoms with van der Waals surface area (Å²) >= 11 is 3.47. The first-order valence-corrected chi connectivity index (χ1v) is 11.7. The third-order valence-electron chi connectivity index (χ3n) is 5.46. The molecule has 2 rings (SSSR count). The summed E-state index contributed by atoms with van der Waals surface area (Å²) in [6.45, 7) is 6.33. The highest BCUT2D eigenvalue weighted by Gasteiger charge is 2.33. The maximum atomic E-state index is 11.5. The summed E-state index contributed by atoms with van der Waals surface area (Å²) in [7, 11) is 0. The molecule has 0 bridgehead atoms. The number of aromatic hydroxyl groups is 1. The molecular formula is C27H33BrO4. The molecule has 3 atom stereocenters. The molecule has 32 heavy (non-hydrogen) atoms. The van der Waals surface area contributed by atoms with Gasteiger partial charge in [-0.05, 0) is 62.9 Å². The van der Waals surface area contributed by atoms with Crippen molar-refractivity contribution in [2.24, 2.45) is 5.92 Å². The number of benzene rings is 2. The third-order valence-corrected chi connectivity index (χ3v) is 5.99. The van der Waals surface area contributed by atoms with Gasteiger partial charge in [0.15, 0.2) is 0 Å². The molecule has 0 aliphatic heterocycles. The van der Waals surface area contributed by atoms with Gasteiger partial charge in [0.1, 0.15) is 11.5 Å². The van der Waals surface area contributed by atoms with Gasteiger partial charge in [0.2, 0.25) is 0 Å². The van der Waals surface area contributed by atoms with E-state index in [9.17, 15) is 15.3 Å². The van der Waals surface area contributed by atoms with E-state index in [0.717, 1.165) is 15.6 Å². The lowest BCUT2D eigenvalue weighted by Crippen LogP contribution is -2.23. The van der Waals surface area contributed by atoms with E-state index in [1.807, 2.05) is 75.4 Å². The second-order valence-corrected chi connectivity index (χ2v) is 8.53. The van der Waals surface area contributed by atoms with E-state index >= 15 is 0 Å². The highest BCUT2D eigenvalue weighted by atomic mass is 79.9. The fourth-order valence-corrected chi connectivity index (χ4v) is 4.14. The van der Waals surface area contributed by atoms with Crippen LogP contribution in [0.3, 0.4) is 0 Å². The quantitative estimate of drug-likeness (QED) is 0.310. The van der Waals surface area contributed by atoms with Gasteiger partial charge in [-0.15, -0.1) is 0 Å². The fraction of sp³-hybridized carbons (Fsp3) is 0.333. The number of aliphatic hydroxyl groups excluding tert-OH is 2. The number of phenolic OH excluding ortho intramolecular Hbond substituents is 1. The molecule has 172 valence electrons. The molecule has 0 unspecified atom stereocenters. The predicted molar refractivity (Wildman–Crippen MR) is 134 cm³/mol. The van der Waals surface area contributed by atoms with Gasteiger partial charge in [0.25, 0.3) is 0 Å². The van der Waals surface area contributed by atoms with Crippen molar-refractivity contribution in [3.8, 4) is 11.5 Å². The Labute approximate surface area is 199 Å². The highest BCUT2D eigenvalue weighted by molar-refractivity contribution is 9.10. The fourth-order valence-electron chi connectivity index (χ4n) is 3.88. The first-order chi connectivity index (χ1) is 15.4. The zero-order valence-corrected chi connectivity index (χ0v) is 20.5. The van der Waals surface area contributed by atoms with Crippen molar-refractivity contribution < 1.29 is 20.1 Å². The van der Waals surface area contributed by atoms with Crippen molar-refractivity contribution in [3.63, 3.8) is 0 Å². The molecule has 0 aliphatic carbocycles. The van der Waals surface area contributed by atoms with Crippen LogP contribution in [-0.2, 0) is 0 Å². The minimum atomic E-state index is -0.980. The Kier molecular flexibility index (Phi) is 10.7. The second kappa shape index (κ2) is 13.3. The van der Waals surface area contributed by atoms with E-state index in [-0.39, 0.29) is 24.2 Å². The van der Waals surface area contributed by atoms with Crippen LogP contribution >= 0.6 is 15.9 Å². The van der Waals surface area contributed by atoms with E-state index in [1.54, 1.807) is 12.1 Å². The van der Waals surface area contributed by atoms with Gasteiger partial charge in [-0.25, -0.2) is 0 Å². The monoisotopic (exact) mass is 500 g/mol. The highest BCUT2D eigenvalue weighted by Crippen LogP contribution is 2.44. The lowest BCUT2D eigenvalue weighted by Gasteiger charge is -2.33. The van der Waals surface area contributed by atoms with Crippen LogP contribution in [0, 0.1) is 5.92 Å². The van der Waals surface area contributed by atoms with Crippen LogP contribution in [0.4, 0.5) is 0 Å². The van der Waals surface area contributed by atoms with Gasteiger partial charge >= 0.3 is 0 Å². The van der Waals surface area contributed by atoms with Gasteiger partial charge in [-0.3, -0.25) is 0 Å². The van der Waals surface area contributed by atoms with Gasteiger partial charge < -0.3 is 20.1 Å². The van der Waals surface area contributed by atoms with E-state index in [0.29, 0.717) is 24.3 Å². The van der Waals surface area contributed by atoms with Crippen molar-refractivity contribution in [1.82, 2.24) is 0 Å². The summed E-state index contributed by atoms with van der Waals surface area (Å²) in [5.41, 5.74) is 2.40. The van der Waals surface area contributed by atoms with Crippen LogP contribution in [0.15, 0.2) is 82.9 Å². The molecule has 0 amide bonds. The topological polar surface area (TPSA) is 69.9 Å². The Morgan fingerprint density at radius 2 is 1.81 bits per heavy atom. The van der Waals surface area contributed by atoms with Crippen molar-refractivity contribution >= 4 is 15.9 Å². The first kappa shape index (κ1) is 25.9. The summed E-state index contributed by atoms with van der Waals surface area (Å²) < 4.78 is 6.41. The van der Waals surface area contributed by atoms with Crippen molar-refractivity contribution in [1.29, 1.82) is 0 Å². The molecule has 0 saturated carbocycles. The minimum Gasteiger partial charge on any atom is -0.507 e. The van der Waals surface area contributed by atoms with Crippen molar-refractivity contribution in [2.75, 3.05) is 13.2 Å². The third kappa shape index (κ3) is 7.09. The zero-order chi connectivity index (χ0) is 23.5. The standard InChI is InChI=1S/C27H33BrO4/c1-4-6-7-8-9-19(3)23(16-17-29)26(20-10-12-21(28)13-11-20)27(31)24-15-14-22(32-5-2)18-25(24)30/h4,6-15,18,23,26-27,29-31H,5,16-17H2,1-3H3/b6-4-,8-7-,19-9+/t23-,26+,27+/m0/s1. The normalized spacial score (nSPS) is 15.2. The average molecular weight is 501 g/mol. The summed E-state index contributed by atoms with van der Waals surface area (Å²) in [5.74, 6) is 0.0315. The van der Waals surface area contributed by atoms with Crippen LogP contribution in [0.25, 0.3) is 0 Å². The largest absolute Gasteiger partial charge is 0.507 e. The number of halogens is 1. The van der Waals surface area contributed by atoms with Crippen LogP contribution in [-0.4, -0.2) is 28.5 Å². The molecular weight excluding hydrogens is 468 g/mol. The van der Waals surface area contributed by atoms with E-state index in [4.69, 9.17) is 4.74 Å². The van der Waals surface area contributed by atoms with Gasteiger partial charge in [0, 0.05) is 28.6 Å². The molecule has 5 heteroatoms. The minimum absolute atomic E-state index is 0.0105. The Morgan fingerprint density at radius 1 is 1.09 bits per heavy atom. The van der Waals surface area contributed by atoms with E-state index in [1.165, 1.54) is 6.07 Å². The SMILES string of the molecule is C\C=C/C=C\C=C(/C)[C@H](CCO)[C@@H](c1ccc(Br)cc1)[C@H](O)c1ccc(OCC)cc1O. The molecule has 0 saturated heterocycles. The van der Waals surface area contributed by atoms with E-state index in [2.05, 4.69) is 15.9 Å². The van der Waals surface area contributed by atoms with Crippen LogP contribution in [0.2, 0.25) is 0 Å². The number of ether oxygens (including phenoxy) is 1. The van der Waals surface area contributed by atoms with Gasteiger partial charge in [-0.1, -0.05) is 64.0 Å². The molecule has 0 aliphatic rings. The number of hydrogen-bond donors (Lipinski definition) is 3. The number of allylic oxidation sites excluding steroid dienone is 6. The molecule has 0 aromatic heterocycles. The number of aliphatic hydroxyl groups is 2. The molecule has 0 fully saturated rings. The molecule has 0 heterocycles. The lowest BCUT2D eigenvalue weighted by molar-refractivity contribution is 0.111. The van der Waals surface area contributed by atoms with Crippen LogP contribution < -0.4 is 4.74 Å². The number of hydrogen-bond acceptors (Lipinski definition) is 4. The van der Waals surface area contributed by atoms with E-state index < -0.39 is 6.10 Å². The second-order valence-electron chi connectivity index (χ2n) is 7.62. The maximum Gasteiger partial charge on any atom is 0.125 e. The summed E-state index contributed by atoms with van der Waals surface area (Å²) in [4.78, 5) is 0. The van der Waals surface area contributed by atoms with Gasteiger partial charge in [-0.2, -0.15) is 0 Å². The molecule has 2 aromatic carbocycles. The Balaban J connectivity index is 2.54. The lowest BCUT2D eigenvalue weighted by atomic mass is 9.74. The van der Waals surface area contributed by atoms with Crippen molar-refractivity contribution in [2.45, 2.75) is 39.2 Å². The van der Waals surface area contributed by atoms with Crippen LogP contribution in [0.5, 0.6) is 11.5 Å². The molecule has 4 nitrogen and oxygen atoms in total. The number of rotatable bonds is 11. The molecule has 0 spiro atoms. The zero-order valence-electron chi connectivity index (χ0n) is 18.9. The molecule has 0 radical (unpaired) electrons. The van der Waals surface area contributed by atoms with Gasteiger partial charge in [0.05, 0.1) is 12.7 Å².